The highest BCUT2D eigenvalue weighted by molar-refractivity contribution is 7.21. The number of benzene rings is 2. The van der Waals surface area contributed by atoms with E-state index in [9.17, 15) is 4.79 Å². The van der Waals surface area contributed by atoms with Gasteiger partial charge >= 0.3 is 0 Å². The minimum atomic E-state index is -0.196. The minimum absolute atomic E-state index is 0.196. The van der Waals surface area contributed by atoms with Crippen molar-refractivity contribution in [1.29, 1.82) is 0 Å². The highest BCUT2D eigenvalue weighted by Crippen LogP contribution is 2.35. The third kappa shape index (κ3) is 3.49. The summed E-state index contributed by atoms with van der Waals surface area (Å²) in [4.78, 5) is 13.0. The second-order valence-electron chi connectivity index (χ2n) is 5.07. The van der Waals surface area contributed by atoms with Crippen molar-refractivity contribution < 1.29 is 9.53 Å². The Labute approximate surface area is 143 Å². The average Bonchev–Trinajstić information content (AvgIpc) is 2.92. The quantitative estimate of drug-likeness (QED) is 0.654. The van der Waals surface area contributed by atoms with E-state index in [0.29, 0.717) is 22.2 Å². The van der Waals surface area contributed by atoms with Crippen molar-refractivity contribution in [2.75, 3.05) is 11.9 Å². The van der Waals surface area contributed by atoms with Gasteiger partial charge in [0.15, 0.2) is 0 Å². The first kappa shape index (κ1) is 15.8. The van der Waals surface area contributed by atoms with Crippen molar-refractivity contribution in [3.8, 4) is 5.75 Å². The number of halogens is 1. The number of rotatable bonds is 5. The largest absolute Gasteiger partial charge is 0.494 e. The molecule has 0 aliphatic carbocycles. The molecule has 0 radical (unpaired) electrons. The van der Waals surface area contributed by atoms with E-state index in [-0.39, 0.29) is 5.91 Å². The van der Waals surface area contributed by atoms with Gasteiger partial charge in [-0.3, -0.25) is 4.79 Å². The van der Waals surface area contributed by atoms with Crippen LogP contribution in [0.15, 0.2) is 48.5 Å². The molecule has 1 amide bonds. The summed E-state index contributed by atoms with van der Waals surface area (Å²) in [6.45, 7) is 2.74. The first-order valence-electron chi connectivity index (χ1n) is 7.40. The molecule has 0 fully saturated rings. The lowest BCUT2D eigenvalue weighted by Gasteiger charge is -2.07. The molecule has 3 aromatic rings. The normalized spacial score (nSPS) is 10.7. The Morgan fingerprint density at radius 3 is 2.61 bits per heavy atom. The fraction of sp³-hybridized carbons (Fsp3) is 0.167. The summed E-state index contributed by atoms with van der Waals surface area (Å²) >= 11 is 7.73. The fourth-order valence-electron chi connectivity index (χ4n) is 2.20. The van der Waals surface area contributed by atoms with Gasteiger partial charge in [0, 0.05) is 15.8 Å². The second-order valence-corrected chi connectivity index (χ2v) is 6.50. The van der Waals surface area contributed by atoms with Gasteiger partial charge in [-0.25, -0.2) is 0 Å². The lowest BCUT2D eigenvalue weighted by molar-refractivity contribution is 0.103. The lowest BCUT2D eigenvalue weighted by Crippen LogP contribution is -2.10. The predicted molar refractivity (Wildman–Crippen MR) is 97.0 cm³/mol. The third-order valence-corrected chi connectivity index (χ3v) is 5.00. The molecule has 0 saturated carbocycles. The second kappa shape index (κ2) is 7.02. The number of hydrogen-bond donors (Lipinski definition) is 1. The summed E-state index contributed by atoms with van der Waals surface area (Å²) in [7, 11) is 0. The van der Waals surface area contributed by atoms with Gasteiger partial charge in [0.05, 0.1) is 11.6 Å². The van der Waals surface area contributed by atoms with Crippen LogP contribution >= 0.6 is 22.9 Å². The highest BCUT2D eigenvalue weighted by atomic mass is 35.5. The molecule has 1 heterocycles. The van der Waals surface area contributed by atoms with Crippen LogP contribution in [0.4, 0.5) is 5.69 Å². The molecule has 5 heteroatoms. The molecule has 0 unspecified atom stereocenters. The first-order valence-corrected chi connectivity index (χ1v) is 8.59. The Bertz CT molecular complexity index is 827. The molecule has 118 valence electrons. The Hall–Kier alpha value is -2.04. The van der Waals surface area contributed by atoms with Crippen LogP contribution in [0.3, 0.4) is 0 Å². The third-order valence-electron chi connectivity index (χ3n) is 3.33. The van der Waals surface area contributed by atoms with E-state index in [4.69, 9.17) is 16.3 Å². The van der Waals surface area contributed by atoms with Gasteiger partial charge in [-0.05, 0) is 36.8 Å². The van der Waals surface area contributed by atoms with Crippen LogP contribution in [-0.4, -0.2) is 12.5 Å². The van der Waals surface area contributed by atoms with Crippen LogP contribution in [0.2, 0.25) is 5.02 Å². The summed E-state index contributed by atoms with van der Waals surface area (Å²) in [5.41, 5.74) is 0.715. The first-order chi connectivity index (χ1) is 11.2. The van der Waals surface area contributed by atoms with E-state index in [2.05, 4.69) is 12.2 Å². The minimum Gasteiger partial charge on any atom is -0.494 e. The van der Waals surface area contributed by atoms with Crippen molar-refractivity contribution in [2.45, 2.75) is 13.3 Å². The summed E-state index contributed by atoms with van der Waals surface area (Å²) in [6, 6.07) is 15.1. The molecule has 0 bridgehead atoms. The van der Waals surface area contributed by atoms with E-state index in [1.54, 1.807) is 0 Å². The van der Waals surface area contributed by atoms with Gasteiger partial charge in [-0.1, -0.05) is 36.7 Å². The van der Waals surface area contributed by atoms with Gasteiger partial charge in [0.2, 0.25) is 0 Å². The van der Waals surface area contributed by atoms with E-state index in [1.165, 1.54) is 11.3 Å². The molecular weight excluding hydrogens is 330 g/mol. The Kier molecular flexibility index (Phi) is 4.84. The van der Waals surface area contributed by atoms with Crippen molar-refractivity contribution in [2.24, 2.45) is 0 Å². The lowest BCUT2D eigenvalue weighted by atomic mass is 10.2. The molecule has 23 heavy (non-hydrogen) atoms. The monoisotopic (exact) mass is 345 g/mol. The zero-order chi connectivity index (χ0) is 16.2. The van der Waals surface area contributed by atoms with Crippen LogP contribution in [0.5, 0.6) is 5.75 Å². The van der Waals surface area contributed by atoms with Crippen LogP contribution in [0.1, 0.15) is 23.0 Å². The maximum atomic E-state index is 12.4. The molecule has 1 N–H and O–H groups in total. The zero-order valence-corrected chi connectivity index (χ0v) is 14.2. The Morgan fingerprint density at radius 2 is 1.91 bits per heavy atom. The molecule has 0 aliphatic rings. The number of fused-ring (bicyclic) bond motifs is 1. The number of carbonyl (C=O) groups is 1. The highest BCUT2D eigenvalue weighted by Gasteiger charge is 2.16. The van der Waals surface area contributed by atoms with Gasteiger partial charge in [-0.15, -0.1) is 11.3 Å². The summed E-state index contributed by atoms with van der Waals surface area (Å²) < 4.78 is 6.53. The van der Waals surface area contributed by atoms with Crippen LogP contribution in [-0.2, 0) is 0 Å². The molecule has 0 aliphatic heterocycles. The summed E-state index contributed by atoms with van der Waals surface area (Å²) in [5.74, 6) is 0.600. The number of nitrogens with one attached hydrogen (secondary N) is 1. The van der Waals surface area contributed by atoms with E-state index in [0.717, 1.165) is 22.3 Å². The van der Waals surface area contributed by atoms with E-state index < -0.39 is 0 Å². The summed E-state index contributed by atoms with van der Waals surface area (Å²) in [5, 5.41) is 4.29. The maximum Gasteiger partial charge on any atom is 0.267 e. The molecule has 0 saturated heterocycles. The Morgan fingerprint density at radius 1 is 1.17 bits per heavy atom. The summed E-state index contributed by atoms with van der Waals surface area (Å²) in [6.07, 6.45) is 0.961. The average molecular weight is 346 g/mol. The maximum absolute atomic E-state index is 12.4. The smallest absolute Gasteiger partial charge is 0.267 e. The van der Waals surface area contributed by atoms with E-state index in [1.807, 2.05) is 48.5 Å². The number of hydrogen-bond acceptors (Lipinski definition) is 3. The topological polar surface area (TPSA) is 38.3 Å². The van der Waals surface area contributed by atoms with Gasteiger partial charge in [0.25, 0.3) is 5.91 Å². The van der Waals surface area contributed by atoms with Crippen molar-refractivity contribution in [3.63, 3.8) is 0 Å². The predicted octanol–water partition coefficient (Wildman–Crippen LogP) is 5.60. The molecule has 3 nitrogen and oxygen atoms in total. The van der Waals surface area contributed by atoms with Crippen molar-refractivity contribution >= 4 is 44.6 Å². The number of carbonyl (C=O) groups excluding carboxylic acids is 1. The number of ether oxygens (including phenoxy) is 1. The van der Waals surface area contributed by atoms with Gasteiger partial charge in [0.1, 0.15) is 10.6 Å². The molecule has 3 rings (SSSR count). The number of amides is 1. The van der Waals surface area contributed by atoms with E-state index >= 15 is 0 Å². The molecule has 2 aromatic carbocycles. The molecule has 0 atom stereocenters. The molecule has 1 aromatic heterocycles. The molecule has 0 spiro atoms. The van der Waals surface area contributed by atoms with Crippen LogP contribution < -0.4 is 10.1 Å². The van der Waals surface area contributed by atoms with Crippen molar-refractivity contribution in [1.82, 2.24) is 0 Å². The van der Waals surface area contributed by atoms with Gasteiger partial charge in [-0.2, -0.15) is 0 Å². The SMILES string of the molecule is CCCOc1ccc(NC(=O)c2sc3ccccc3c2Cl)cc1. The number of anilines is 1. The van der Waals surface area contributed by atoms with Crippen molar-refractivity contribution in [3.05, 3.63) is 58.4 Å². The van der Waals surface area contributed by atoms with Crippen LogP contribution in [0.25, 0.3) is 10.1 Å². The Balaban J connectivity index is 1.76. The van der Waals surface area contributed by atoms with Crippen LogP contribution in [0, 0.1) is 0 Å². The van der Waals surface area contributed by atoms with Gasteiger partial charge < -0.3 is 10.1 Å². The number of thiophene rings is 1. The molecular formula is C18H16ClNO2S. The standard InChI is InChI=1S/C18H16ClNO2S/c1-2-11-22-13-9-7-12(8-10-13)20-18(21)17-16(19)14-5-3-4-6-15(14)23-17/h3-10H,2,11H2,1H3,(H,20,21). The fourth-order valence-corrected chi connectivity index (χ4v) is 3.61. The zero-order valence-electron chi connectivity index (χ0n) is 12.6.